The van der Waals surface area contributed by atoms with E-state index in [2.05, 4.69) is 5.10 Å². The highest BCUT2D eigenvalue weighted by molar-refractivity contribution is 7.20. The molecule has 1 fully saturated rings. The molecular weight excluding hydrogens is 316 g/mol. The summed E-state index contributed by atoms with van der Waals surface area (Å²) >= 11 is 1.47. The molecule has 1 aliphatic heterocycles. The van der Waals surface area contributed by atoms with Gasteiger partial charge in [0.05, 0.1) is 17.2 Å². The van der Waals surface area contributed by atoms with Crippen molar-refractivity contribution in [2.75, 3.05) is 32.8 Å². The summed E-state index contributed by atoms with van der Waals surface area (Å²) in [5, 5.41) is 5.39. The molecule has 3 heterocycles. The maximum Gasteiger partial charge on any atom is 0.409 e. The molecule has 0 atom stereocenters. The van der Waals surface area contributed by atoms with Crippen LogP contribution >= 0.6 is 11.3 Å². The van der Waals surface area contributed by atoms with Crippen LogP contribution in [0.4, 0.5) is 4.79 Å². The topological polar surface area (TPSA) is 67.7 Å². The third-order valence-electron chi connectivity index (χ3n) is 4.00. The summed E-state index contributed by atoms with van der Waals surface area (Å²) in [6.07, 6.45) is -0.303. The first kappa shape index (κ1) is 15.8. The smallest absolute Gasteiger partial charge is 0.409 e. The Labute approximate surface area is 138 Å². The first-order valence-corrected chi connectivity index (χ1v) is 8.47. The summed E-state index contributed by atoms with van der Waals surface area (Å²) in [7, 11) is 1.89. The molecule has 0 aliphatic carbocycles. The highest BCUT2D eigenvalue weighted by atomic mass is 32.1. The van der Waals surface area contributed by atoms with Crippen LogP contribution in [0.25, 0.3) is 10.2 Å². The van der Waals surface area contributed by atoms with Gasteiger partial charge < -0.3 is 14.5 Å². The number of hydrogen-bond donors (Lipinski definition) is 0. The Kier molecular flexibility index (Phi) is 4.25. The van der Waals surface area contributed by atoms with Crippen molar-refractivity contribution in [3.63, 3.8) is 0 Å². The highest BCUT2D eigenvalue weighted by Crippen LogP contribution is 2.28. The molecule has 0 spiro atoms. The Morgan fingerprint density at radius 3 is 2.52 bits per heavy atom. The van der Waals surface area contributed by atoms with E-state index in [0.29, 0.717) is 32.8 Å². The highest BCUT2D eigenvalue weighted by Gasteiger charge is 2.27. The third-order valence-corrected chi connectivity index (χ3v) is 5.19. The fourth-order valence-electron chi connectivity index (χ4n) is 2.77. The molecule has 8 heteroatoms. The van der Waals surface area contributed by atoms with Crippen LogP contribution in [-0.4, -0.2) is 64.4 Å². The lowest BCUT2D eigenvalue weighted by atomic mass is 10.2. The minimum Gasteiger partial charge on any atom is -0.450 e. The van der Waals surface area contributed by atoms with Crippen molar-refractivity contribution < 1.29 is 14.3 Å². The van der Waals surface area contributed by atoms with Gasteiger partial charge in [-0.3, -0.25) is 9.48 Å². The zero-order chi connectivity index (χ0) is 16.6. The van der Waals surface area contributed by atoms with E-state index in [0.717, 1.165) is 20.8 Å². The molecule has 0 saturated carbocycles. The number of aromatic nitrogens is 2. The van der Waals surface area contributed by atoms with Gasteiger partial charge in [-0.1, -0.05) is 0 Å². The van der Waals surface area contributed by atoms with E-state index in [-0.39, 0.29) is 12.0 Å². The lowest BCUT2D eigenvalue weighted by molar-refractivity contribution is 0.0574. The molecule has 23 heavy (non-hydrogen) atoms. The maximum absolute atomic E-state index is 12.7. The number of nitrogens with zero attached hydrogens (tertiary/aromatic N) is 4. The Hall–Kier alpha value is -2.09. The van der Waals surface area contributed by atoms with Crippen LogP contribution in [0.5, 0.6) is 0 Å². The molecule has 0 radical (unpaired) electrons. The summed E-state index contributed by atoms with van der Waals surface area (Å²) in [5.41, 5.74) is 0.935. The second-order valence-electron chi connectivity index (χ2n) is 5.52. The van der Waals surface area contributed by atoms with E-state index in [1.807, 2.05) is 24.7 Å². The molecule has 0 bridgehead atoms. The number of fused-ring (bicyclic) bond motifs is 1. The fraction of sp³-hybridized carbons (Fsp3) is 0.533. The molecular formula is C15H20N4O3S. The maximum atomic E-state index is 12.7. The Morgan fingerprint density at radius 2 is 1.91 bits per heavy atom. The third kappa shape index (κ3) is 2.90. The molecule has 7 nitrogen and oxygen atoms in total. The van der Waals surface area contributed by atoms with Crippen molar-refractivity contribution in [2.24, 2.45) is 7.05 Å². The van der Waals surface area contributed by atoms with E-state index in [9.17, 15) is 9.59 Å². The first-order chi connectivity index (χ1) is 11.0. The van der Waals surface area contributed by atoms with Crippen molar-refractivity contribution in [2.45, 2.75) is 13.8 Å². The van der Waals surface area contributed by atoms with Gasteiger partial charge in [-0.05, 0) is 19.9 Å². The number of hydrogen-bond acceptors (Lipinski definition) is 5. The van der Waals surface area contributed by atoms with Crippen molar-refractivity contribution >= 4 is 33.6 Å². The lowest BCUT2D eigenvalue weighted by Crippen LogP contribution is -2.50. The zero-order valence-corrected chi connectivity index (χ0v) is 14.4. The van der Waals surface area contributed by atoms with Crippen LogP contribution in [0.3, 0.4) is 0 Å². The van der Waals surface area contributed by atoms with E-state index < -0.39 is 0 Å². The van der Waals surface area contributed by atoms with Crippen LogP contribution in [-0.2, 0) is 11.8 Å². The zero-order valence-electron chi connectivity index (χ0n) is 13.5. The minimum absolute atomic E-state index is 0.0223. The fourth-order valence-corrected chi connectivity index (χ4v) is 3.86. The number of ether oxygens (including phenoxy) is 1. The van der Waals surface area contributed by atoms with Gasteiger partial charge in [0.15, 0.2) is 0 Å². The lowest BCUT2D eigenvalue weighted by Gasteiger charge is -2.33. The van der Waals surface area contributed by atoms with Crippen LogP contribution in [0.15, 0.2) is 6.07 Å². The number of amides is 2. The molecule has 124 valence electrons. The molecule has 1 saturated heterocycles. The summed E-state index contributed by atoms with van der Waals surface area (Å²) in [6.45, 7) is 6.18. The average molecular weight is 336 g/mol. The van der Waals surface area contributed by atoms with Gasteiger partial charge in [0.25, 0.3) is 5.91 Å². The summed E-state index contributed by atoms with van der Waals surface area (Å²) < 4.78 is 6.80. The minimum atomic E-state index is -0.303. The van der Waals surface area contributed by atoms with Crippen molar-refractivity contribution in [3.8, 4) is 0 Å². The second kappa shape index (κ2) is 6.19. The van der Waals surface area contributed by atoms with Crippen LogP contribution in [0, 0.1) is 6.92 Å². The molecule has 0 unspecified atom stereocenters. The largest absolute Gasteiger partial charge is 0.450 e. The summed E-state index contributed by atoms with van der Waals surface area (Å²) in [6, 6.07) is 1.92. The Balaban J connectivity index is 1.69. The summed E-state index contributed by atoms with van der Waals surface area (Å²) in [4.78, 5) is 29.5. The quantitative estimate of drug-likeness (QED) is 0.839. The number of carbonyl (C=O) groups is 2. The van der Waals surface area contributed by atoms with Crippen LogP contribution in [0.2, 0.25) is 0 Å². The van der Waals surface area contributed by atoms with Crippen LogP contribution < -0.4 is 0 Å². The van der Waals surface area contributed by atoms with E-state index in [4.69, 9.17) is 4.74 Å². The van der Waals surface area contributed by atoms with E-state index >= 15 is 0 Å². The Morgan fingerprint density at radius 1 is 1.26 bits per heavy atom. The van der Waals surface area contributed by atoms with Gasteiger partial charge in [0, 0.05) is 38.6 Å². The number of aryl methyl sites for hydroxylation is 2. The first-order valence-electron chi connectivity index (χ1n) is 7.65. The van der Waals surface area contributed by atoms with Crippen LogP contribution in [0.1, 0.15) is 22.3 Å². The van der Waals surface area contributed by atoms with Gasteiger partial charge >= 0.3 is 6.09 Å². The van der Waals surface area contributed by atoms with E-state index in [1.165, 1.54) is 11.3 Å². The predicted octanol–water partition coefficient (Wildman–Crippen LogP) is 1.86. The molecule has 2 amide bonds. The normalized spacial score (nSPS) is 15.3. The molecule has 2 aromatic rings. The standard InChI is InChI=1S/C15H20N4O3S/c1-4-22-15(21)19-7-5-18(6-8-19)13(20)12-9-11-10(2)16-17(3)14(11)23-12/h9H,4-8H2,1-3H3. The molecule has 2 aromatic heterocycles. The number of thiophene rings is 1. The van der Waals surface area contributed by atoms with Crippen molar-refractivity contribution in [1.82, 2.24) is 19.6 Å². The number of rotatable bonds is 2. The summed E-state index contributed by atoms with van der Waals surface area (Å²) in [5.74, 6) is 0.0223. The van der Waals surface area contributed by atoms with Crippen molar-refractivity contribution in [1.29, 1.82) is 0 Å². The van der Waals surface area contributed by atoms with Gasteiger partial charge in [0.2, 0.25) is 0 Å². The monoisotopic (exact) mass is 336 g/mol. The average Bonchev–Trinajstić information content (AvgIpc) is 3.09. The number of piperazine rings is 1. The molecule has 0 aromatic carbocycles. The number of carbonyl (C=O) groups excluding carboxylic acids is 2. The molecule has 3 rings (SSSR count). The van der Waals surface area contributed by atoms with E-state index in [1.54, 1.807) is 16.7 Å². The Bertz CT molecular complexity index is 709. The molecule has 0 N–H and O–H groups in total. The SMILES string of the molecule is CCOC(=O)N1CCN(C(=O)c2cc3c(C)nn(C)c3s2)CC1. The molecule has 1 aliphatic rings. The predicted molar refractivity (Wildman–Crippen MR) is 87.8 cm³/mol. The van der Waals surface area contributed by atoms with Gasteiger partial charge in [-0.25, -0.2) is 4.79 Å². The van der Waals surface area contributed by atoms with Crippen molar-refractivity contribution in [3.05, 3.63) is 16.6 Å². The van der Waals surface area contributed by atoms with Gasteiger partial charge in [0.1, 0.15) is 4.83 Å². The van der Waals surface area contributed by atoms with Gasteiger partial charge in [-0.2, -0.15) is 5.10 Å². The second-order valence-corrected chi connectivity index (χ2v) is 6.55. The van der Waals surface area contributed by atoms with Gasteiger partial charge in [-0.15, -0.1) is 11.3 Å².